The molecule has 27 heavy (non-hydrogen) atoms. The van der Waals surface area contributed by atoms with Crippen molar-refractivity contribution in [1.29, 1.82) is 0 Å². The van der Waals surface area contributed by atoms with E-state index in [2.05, 4.69) is 12.2 Å². The number of benzene rings is 1. The normalized spacial score (nSPS) is 15.9. The number of fused-ring (bicyclic) bond motifs is 1. The minimum Gasteiger partial charge on any atom is -0.465 e. The van der Waals surface area contributed by atoms with Gasteiger partial charge in [-0.25, -0.2) is 14.6 Å². The van der Waals surface area contributed by atoms with Crippen molar-refractivity contribution in [2.75, 3.05) is 20.3 Å². The van der Waals surface area contributed by atoms with Crippen molar-refractivity contribution in [3.8, 4) is 10.6 Å². The number of hydrogen-bond acceptors (Lipinski definition) is 7. The number of nitrogens with zero attached hydrogens (tertiary/aromatic N) is 1. The molecule has 1 unspecified atom stereocenters. The summed E-state index contributed by atoms with van der Waals surface area (Å²) in [4.78, 5) is 29.8. The summed E-state index contributed by atoms with van der Waals surface area (Å²) in [5.74, 6) is -0.598. The van der Waals surface area contributed by atoms with E-state index in [0.29, 0.717) is 18.7 Å². The van der Waals surface area contributed by atoms with Crippen molar-refractivity contribution in [3.63, 3.8) is 0 Å². The van der Waals surface area contributed by atoms with Crippen molar-refractivity contribution < 1.29 is 19.1 Å². The number of nitrogens with one attached hydrogen (secondary N) is 1. The standard InChI is InChI=1S/C20H24N2O4S/c1-4-5-10-26-20(24)16-17-15(8-9-21-16)22-18(27-17)14-7-6-13(11-12(14)2)19(23)25-3/h6-7,11,16,21H,4-5,8-10H2,1-3H3. The number of esters is 2. The van der Waals surface area contributed by atoms with Gasteiger partial charge < -0.3 is 9.47 Å². The summed E-state index contributed by atoms with van der Waals surface area (Å²) in [6, 6.07) is 4.97. The zero-order valence-corrected chi connectivity index (χ0v) is 16.6. The van der Waals surface area contributed by atoms with Crippen LogP contribution in [0.3, 0.4) is 0 Å². The number of aryl methyl sites for hydroxylation is 1. The minimum atomic E-state index is -0.452. The lowest BCUT2D eigenvalue weighted by molar-refractivity contribution is -0.146. The van der Waals surface area contributed by atoms with Crippen molar-refractivity contribution in [2.45, 2.75) is 39.2 Å². The van der Waals surface area contributed by atoms with Crippen molar-refractivity contribution >= 4 is 23.3 Å². The molecule has 3 rings (SSSR count). The van der Waals surface area contributed by atoms with Crippen LogP contribution in [0.4, 0.5) is 0 Å². The highest BCUT2D eigenvalue weighted by Gasteiger charge is 2.31. The molecule has 0 amide bonds. The van der Waals surface area contributed by atoms with Gasteiger partial charge in [-0.1, -0.05) is 19.4 Å². The molecule has 1 aliphatic heterocycles. The molecule has 0 bridgehead atoms. The van der Waals surface area contributed by atoms with E-state index in [0.717, 1.165) is 46.0 Å². The maximum atomic E-state index is 12.4. The quantitative estimate of drug-likeness (QED) is 0.603. The van der Waals surface area contributed by atoms with E-state index in [1.54, 1.807) is 12.1 Å². The summed E-state index contributed by atoms with van der Waals surface area (Å²) < 4.78 is 10.2. The Morgan fingerprint density at radius 2 is 2.19 bits per heavy atom. The van der Waals surface area contributed by atoms with Crippen LogP contribution in [-0.4, -0.2) is 37.2 Å². The molecule has 1 aliphatic rings. The monoisotopic (exact) mass is 388 g/mol. The van der Waals surface area contributed by atoms with Gasteiger partial charge in [0.1, 0.15) is 11.0 Å². The van der Waals surface area contributed by atoms with Gasteiger partial charge in [-0.2, -0.15) is 0 Å². The third-order valence-corrected chi connectivity index (χ3v) is 5.75. The second-order valence-electron chi connectivity index (χ2n) is 6.51. The first kappa shape index (κ1) is 19.5. The second-order valence-corrected chi connectivity index (χ2v) is 7.54. The molecule has 1 atom stereocenters. The number of aromatic nitrogens is 1. The van der Waals surface area contributed by atoms with Crippen LogP contribution in [-0.2, 0) is 20.7 Å². The van der Waals surface area contributed by atoms with Crippen LogP contribution in [0, 0.1) is 6.92 Å². The Bertz CT molecular complexity index is 847. The number of ether oxygens (including phenoxy) is 2. The second kappa shape index (κ2) is 8.63. The molecule has 0 saturated carbocycles. The smallest absolute Gasteiger partial charge is 0.337 e. The molecule has 0 fully saturated rings. The number of unbranched alkanes of at least 4 members (excludes halogenated alkanes) is 1. The van der Waals surface area contributed by atoms with Crippen LogP contribution in [0.2, 0.25) is 0 Å². The maximum Gasteiger partial charge on any atom is 0.337 e. The van der Waals surface area contributed by atoms with Gasteiger partial charge in [-0.3, -0.25) is 5.32 Å². The zero-order valence-electron chi connectivity index (χ0n) is 15.8. The third kappa shape index (κ3) is 4.20. The molecule has 1 N–H and O–H groups in total. The Hall–Kier alpha value is -2.25. The fraction of sp³-hybridized carbons (Fsp3) is 0.450. The topological polar surface area (TPSA) is 77.5 Å². The van der Waals surface area contributed by atoms with E-state index in [1.165, 1.54) is 18.4 Å². The molecule has 144 valence electrons. The predicted octanol–water partition coefficient (Wildman–Crippen LogP) is 3.44. The number of rotatable bonds is 6. The first-order valence-electron chi connectivity index (χ1n) is 9.14. The minimum absolute atomic E-state index is 0.239. The van der Waals surface area contributed by atoms with Gasteiger partial charge >= 0.3 is 11.9 Å². The first-order valence-corrected chi connectivity index (χ1v) is 9.95. The highest BCUT2D eigenvalue weighted by atomic mass is 32.1. The number of methoxy groups -OCH3 is 1. The van der Waals surface area contributed by atoms with E-state index in [9.17, 15) is 9.59 Å². The molecule has 0 aliphatic carbocycles. The molecule has 2 aromatic rings. The molecular weight excluding hydrogens is 364 g/mol. The highest BCUT2D eigenvalue weighted by Crippen LogP contribution is 2.36. The third-order valence-electron chi connectivity index (χ3n) is 4.56. The van der Waals surface area contributed by atoms with Crippen molar-refractivity contribution in [3.05, 3.63) is 39.9 Å². The van der Waals surface area contributed by atoms with Gasteiger partial charge in [0, 0.05) is 18.5 Å². The predicted molar refractivity (Wildman–Crippen MR) is 104 cm³/mol. The van der Waals surface area contributed by atoms with E-state index >= 15 is 0 Å². The van der Waals surface area contributed by atoms with Gasteiger partial charge in [0.25, 0.3) is 0 Å². The summed E-state index contributed by atoms with van der Waals surface area (Å²) in [5.41, 5.74) is 3.36. The molecule has 0 saturated heterocycles. The van der Waals surface area contributed by atoms with Crippen molar-refractivity contribution in [1.82, 2.24) is 10.3 Å². The number of carbonyl (C=O) groups excluding carboxylic acids is 2. The van der Waals surface area contributed by atoms with Crippen LogP contribution < -0.4 is 5.32 Å². The molecule has 1 aromatic carbocycles. The molecular formula is C20H24N2O4S. The van der Waals surface area contributed by atoms with Crippen LogP contribution >= 0.6 is 11.3 Å². The average molecular weight is 388 g/mol. The Kier molecular flexibility index (Phi) is 6.23. The Morgan fingerprint density at radius 3 is 2.89 bits per heavy atom. The molecule has 7 heteroatoms. The van der Waals surface area contributed by atoms with Crippen LogP contribution in [0.25, 0.3) is 10.6 Å². The van der Waals surface area contributed by atoms with E-state index in [4.69, 9.17) is 14.5 Å². The molecule has 0 radical (unpaired) electrons. The Morgan fingerprint density at radius 1 is 1.37 bits per heavy atom. The summed E-state index contributed by atoms with van der Waals surface area (Å²) in [6.45, 7) is 5.15. The van der Waals surface area contributed by atoms with Crippen LogP contribution in [0.1, 0.15) is 52.3 Å². The Labute approximate surface area is 162 Å². The van der Waals surface area contributed by atoms with E-state index in [-0.39, 0.29) is 11.9 Å². The fourth-order valence-corrected chi connectivity index (χ4v) is 4.32. The lowest BCUT2D eigenvalue weighted by atomic mass is 10.1. The lowest BCUT2D eigenvalue weighted by Crippen LogP contribution is -2.35. The van der Waals surface area contributed by atoms with Gasteiger partial charge in [-0.05, 0) is 31.0 Å². The number of hydrogen-bond donors (Lipinski definition) is 1. The lowest BCUT2D eigenvalue weighted by Gasteiger charge is -2.21. The van der Waals surface area contributed by atoms with Crippen molar-refractivity contribution in [2.24, 2.45) is 0 Å². The number of thiazole rings is 1. The van der Waals surface area contributed by atoms with Gasteiger partial charge in [0.2, 0.25) is 0 Å². The summed E-state index contributed by atoms with van der Waals surface area (Å²) >= 11 is 1.51. The highest BCUT2D eigenvalue weighted by molar-refractivity contribution is 7.15. The van der Waals surface area contributed by atoms with Gasteiger partial charge in [0.05, 0.1) is 29.9 Å². The molecule has 6 nitrogen and oxygen atoms in total. The van der Waals surface area contributed by atoms with E-state index in [1.807, 2.05) is 13.0 Å². The SMILES string of the molecule is CCCCOC(=O)C1NCCc2nc(-c3ccc(C(=O)OC)cc3C)sc21. The molecule has 2 heterocycles. The summed E-state index contributed by atoms with van der Waals surface area (Å²) in [7, 11) is 1.37. The van der Waals surface area contributed by atoms with E-state index < -0.39 is 6.04 Å². The fourth-order valence-electron chi connectivity index (χ4n) is 3.05. The molecule has 1 aromatic heterocycles. The average Bonchev–Trinajstić information content (AvgIpc) is 3.11. The summed E-state index contributed by atoms with van der Waals surface area (Å²) in [6.07, 6.45) is 2.64. The zero-order chi connectivity index (χ0) is 19.4. The largest absolute Gasteiger partial charge is 0.465 e. The summed E-state index contributed by atoms with van der Waals surface area (Å²) in [5, 5.41) is 4.10. The number of carbonyl (C=O) groups is 2. The van der Waals surface area contributed by atoms with Gasteiger partial charge in [0.15, 0.2) is 0 Å². The first-order chi connectivity index (χ1) is 13.0. The van der Waals surface area contributed by atoms with Crippen LogP contribution in [0.15, 0.2) is 18.2 Å². The van der Waals surface area contributed by atoms with Crippen LogP contribution in [0.5, 0.6) is 0 Å². The molecule has 0 spiro atoms. The maximum absolute atomic E-state index is 12.4. The van der Waals surface area contributed by atoms with Gasteiger partial charge in [-0.15, -0.1) is 11.3 Å². The Balaban J connectivity index is 1.86.